The molecule has 0 heterocycles. The fourth-order valence-electron chi connectivity index (χ4n) is 2.88. The van der Waals surface area contributed by atoms with E-state index in [2.05, 4.69) is 6.58 Å². The Morgan fingerprint density at radius 3 is 2.79 bits per heavy atom. The average Bonchev–Trinajstić information content (AvgIpc) is 2.79. The van der Waals surface area contributed by atoms with Gasteiger partial charge in [0, 0.05) is 0 Å². The number of halogens is 1. The third-order valence-corrected chi connectivity index (χ3v) is 3.64. The molecule has 72 valence electrons. The molecule has 0 aliphatic heterocycles. The number of hydrogen-bond donors (Lipinski definition) is 0. The maximum Gasteiger partial charge on any atom is 0.123 e. The van der Waals surface area contributed by atoms with Gasteiger partial charge in [-0.2, -0.15) is 0 Å². The summed E-state index contributed by atoms with van der Waals surface area (Å²) in [7, 11) is 0. The number of benzene rings is 1. The summed E-state index contributed by atoms with van der Waals surface area (Å²) in [5.74, 6) is 0.492. The van der Waals surface area contributed by atoms with E-state index in [1.807, 2.05) is 12.1 Å². The van der Waals surface area contributed by atoms with E-state index in [1.165, 1.54) is 23.6 Å². The molecule has 0 amide bonds. The Kier molecular flexibility index (Phi) is 1.45. The average molecular weight is 188 g/mol. The lowest BCUT2D eigenvalue weighted by Crippen LogP contribution is -2.16. The molecule has 2 fully saturated rings. The molecule has 14 heavy (non-hydrogen) atoms. The predicted octanol–water partition coefficient (Wildman–Crippen LogP) is 3.65. The smallest absolute Gasteiger partial charge is 0.123 e. The molecule has 2 saturated carbocycles. The van der Waals surface area contributed by atoms with Crippen LogP contribution in [0.4, 0.5) is 4.39 Å². The second-order valence-corrected chi connectivity index (χ2v) is 4.78. The molecule has 0 radical (unpaired) electrons. The monoisotopic (exact) mass is 188 g/mol. The summed E-state index contributed by atoms with van der Waals surface area (Å²) < 4.78 is 13.0. The van der Waals surface area contributed by atoms with Crippen molar-refractivity contribution < 1.29 is 4.39 Å². The van der Waals surface area contributed by atoms with Crippen molar-refractivity contribution in [3.63, 3.8) is 0 Å². The van der Waals surface area contributed by atoms with Crippen LogP contribution in [0, 0.1) is 11.2 Å². The molecule has 1 atom stereocenters. The predicted molar refractivity (Wildman–Crippen MR) is 54.6 cm³/mol. The van der Waals surface area contributed by atoms with Crippen LogP contribution in [-0.2, 0) is 0 Å². The second-order valence-electron chi connectivity index (χ2n) is 4.78. The third kappa shape index (κ3) is 1.05. The van der Waals surface area contributed by atoms with E-state index in [0.717, 1.165) is 12.8 Å². The van der Waals surface area contributed by atoms with Crippen molar-refractivity contribution in [1.82, 2.24) is 0 Å². The number of hydrogen-bond acceptors (Lipinski definition) is 0. The van der Waals surface area contributed by atoms with Gasteiger partial charge in [-0.3, -0.25) is 0 Å². The van der Waals surface area contributed by atoms with Gasteiger partial charge in [-0.1, -0.05) is 24.3 Å². The summed E-state index contributed by atoms with van der Waals surface area (Å²) in [4.78, 5) is 0. The summed E-state index contributed by atoms with van der Waals surface area (Å²) in [5, 5.41) is 0. The molecule has 3 rings (SSSR count). The first-order valence-corrected chi connectivity index (χ1v) is 5.12. The number of rotatable bonds is 1. The third-order valence-electron chi connectivity index (χ3n) is 3.64. The van der Waals surface area contributed by atoms with E-state index in [-0.39, 0.29) is 5.82 Å². The minimum atomic E-state index is -0.109. The van der Waals surface area contributed by atoms with E-state index >= 15 is 0 Å². The molecule has 0 aromatic heterocycles. The van der Waals surface area contributed by atoms with Gasteiger partial charge in [0.2, 0.25) is 0 Å². The van der Waals surface area contributed by atoms with Crippen molar-refractivity contribution in [2.24, 2.45) is 5.41 Å². The molecular weight excluding hydrogens is 175 g/mol. The summed E-state index contributed by atoms with van der Waals surface area (Å²) in [6, 6.07) is 7.05. The van der Waals surface area contributed by atoms with E-state index in [1.54, 1.807) is 6.07 Å². The number of allylic oxidation sites excluding steroid dienone is 1. The summed E-state index contributed by atoms with van der Waals surface area (Å²) in [6.45, 7) is 3.97. The highest BCUT2D eigenvalue weighted by Crippen LogP contribution is 2.71. The lowest BCUT2D eigenvalue weighted by molar-refractivity contribution is 0.379. The van der Waals surface area contributed by atoms with Crippen molar-refractivity contribution in [2.45, 2.75) is 25.2 Å². The quantitative estimate of drug-likeness (QED) is 0.590. The van der Waals surface area contributed by atoms with Crippen LogP contribution in [-0.4, -0.2) is 0 Å². The fraction of sp³-hybridized carbons (Fsp3) is 0.385. The zero-order valence-electron chi connectivity index (χ0n) is 8.09. The van der Waals surface area contributed by atoms with Crippen LogP contribution in [0.15, 0.2) is 36.4 Å². The zero-order chi connectivity index (χ0) is 9.76. The van der Waals surface area contributed by atoms with Crippen LogP contribution in [0.1, 0.15) is 30.7 Å². The van der Waals surface area contributed by atoms with Crippen LogP contribution < -0.4 is 0 Å². The van der Waals surface area contributed by atoms with Crippen molar-refractivity contribution in [3.05, 3.63) is 47.8 Å². The lowest BCUT2D eigenvalue weighted by atomic mass is 9.75. The van der Waals surface area contributed by atoms with E-state index in [4.69, 9.17) is 0 Å². The van der Waals surface area contributed by atoms with Crippen LogP contribution in [0.2, 0.25) is 0 Å². The minimum absolute atomic E-state index is 0.109. The van der Waals surface area contributed by atoms with Crippen molar-refractivity contribution in [3.8, 4) is 0 Å². The van der Waals surface area contributed by atoms with Gasteiger partial charge in [0.1, 0.15) is 5.82 Å². The minimum Gasteiger partial charge on any atom is -0.207 e. The summed E-state index contributed by atoms with van der Waals surface area (Å²) in [6.07, 6.45) is 3.55. The maximum absolute atomic E-state index is 13.0. The van der Waals surface area contributed by atoms with Crippen LogP contribution in [0.5, 0.6) is 0 Å². The van der Waals surface area contributed by atoms with Gasteiger partial charge in [0.15, 0.2) is 0 Å². The highest BCUT2D eigenvalue weighted by atomic mass is 19.1. The first-order valence-electron chi connectivity index (χ1n) is 5.12. The normalized spacial score (nSPS) is 27.5. The molecule has 2 aliphatic carbocycles. The standard InChI is InChI=1S/C13H13F/c1-9-6-13(7-9)8-12(13)10-3-2-4-11(14)5-10/h2-5,12H,1,6-8H2. The van der Waals surface area contributed by atoms with Gasteiger partial charge in [-0.25, -0.2) is 4.39 Å². The summed E-state index contributed by atoms with van der Waals surface area (Å²) >= 11 is 0. The second kappa shape index (κ2) is 2.47. The Morgan fingerprint density at radius 2 is 2.14 bits per heavy atom. The Bertz CT molecular complexity index is 397. The molecular formula is C13H13F. The van der Waals surface area contributed by atoms with Gasteiger partial charge in [0.25, 0.3) is 0 Å². The van der Waals surface area contributed by atoms with Crippen LogP contribution in [0.3, 0.4) is 0 Å². The fourth-order valence-corrected chi connectivity index (χ4v) is 2.88. The van der Waals surface area contributed by atoms with Gasteiger partial charge < -0.3 is 0 Å². The zero-order valence-corrected chi connectivity index (χ0v) is 8.09. The highest BCUT2D eigenvalue weighted by Gasteiger charge is 2.59. The van der Waals surface area contributed by atoms with Crippen LogP contribution >= 0.6 is 0 Å². The van der Waals surface area contributed by atoms with Crippen molar-refractivity contribution in [2.75, 3.05) is 0 Å². The van der Waals surface area contributed by atoms with E-state index < -0.39 is 0 Å². The van der Waals surface area contributed by atoms with E-state index in [0.29, 0.717) is 11.3 Å². The van der Waals surface area contributed by atoms with Crippen molar-refractivity contribution >= 4 is 0 Å². The maximum atomic E-state index is 13.0. The molecule has 0 N–H and O–H groups in total. The Balaban J connectivity index is 1.83. The Labute approximate surface area is 83.5 Å². The SMILES string of the molecule is C=C1CC2(C1)CC2c1cccc(F)c1. The van der Waals surface area contributed by atoms with Crippen molar-refractivity contribution in [1.29, 1.82) is 0 Å². The van der Waals surface area contributed by atoms with Crippen LogP contribution in [0.25, 0.3) is 0 Å². The largest absolute Gasteiger partial charge is 0.207 e. The lowest BCUT2D eigenvalue weighted by Gasteiger charge is -2.30. The first kappa shape index (κ1) is 8.22. The van der Waals surface area contributed by atoms with E-state index in [9.17, 15) is 4.39 Å². The molecule has 0 bridgehead atoms. The molecule has 1 unspecified atom stereocenters. The molecule has 1 spiro atoms. The Morgan fingerprint density at radius 1 is 1.36 bits per heavy atom. The van der Waals surface area contributed by atoms with Gasteiger partial charge in [-0.15, -0.1) is 0 Å². The molecule has 1 aromatic rings. The van der Waals surface area contributed by atoms with Gasteiger partial charge >= 0.3 is 0 Å². The van der Waals surface area contributed by atoms with Gasteiger partial charge in [0.05, 0.1) is 0 Å². The molecule has 0 saturated heterocycles. The molecule has 2 aliphatic rings. The molecule has 1 aromatic carbocycles. The molecule has 0 nitrogen and oxygen atoms in total. The Hall–Kier alpha value is -1.11. The first-order chi connectivity index (χ1) is 6.70. The highest BCUT2D eigenvalue weighted by molar-refractivity contribution is 5.37. The topological polar surface area (TPSA) is 0 Å². The summed E-state index contributed by atoms with van der Waals surface area (Å²) in [5.41, 5.74) is 3.03. The molecule has 1 heteroatoms. The van der Waals surface area contributed by atoms with Gasteiger partial charge in [-0.05, 0) is 48.3 Å².